The van der Waals surface area contributed by atoms with Crippen LogP contribution in [0.15, 0.2) is 28.1 Å². The zero-order valence-corrected chi connectivity index (χ0v) is 12.3. The maximum atomic E-state index is 13.5. The van der Waals surface area contributed by atoms with Crippen LogP contribution in [0.4, 0.5) is 9.52 Å². The van der Waals surface area contributed by atoms with Gasteiger partial charge in [0, 0.05) is 16.8 Å². The lowest BCUT2D eigenvalue weighted by Crippen LogP contribution is -2.05. The van der Waals surface area contributed by atoms with Gasteiger partial charge < -0.3 is 10.1 Å². The van der Waals surface area contributed by atoms with Crippen molar-refractivity contribution in [3.63, 3.8) is 0 Å². The fraction of sp³-hybridized carbons (Fsp3) is 0.167. The topological polar surface area (TPSA) is 51.2 Å². The van der Waals surface area contributed by atoms with E-state index >= 15 is 0 Å². The van der Waals surface area contributed by atoms with Gasteiger partial charge in [0.1, 0.15) is 6.61 Å². The molecule has 0 unspecified atom stereocenters. The van der Waals surface area contributed by atoms with Crippen molar-refractivity contribution in [2.75, 3.05) is 5.32 Å². The van der Waals surface area contributed by atoms with Gasteiger partial charge in [-0.05, 0) is 18.2 Å². The third-order valence-corrected chi connectivity index (χ3v) is 3.40. The van der Waals surface area contributed by atoms with Gasteiger partial charge in [0.25, 0.3) is 0 Å². The first-order valence-corrected chi connectivity index (χ1v) is 7.01. The first kappa shape index (κ1) is 14.0. The van der Waals surface area contributed by atoms with E-state index in [2.05, 4.69) is 26.2 Å². The van der Waals surface area contributed by atoms with Crippen molar-refractivity contribution in [3.05, 3.63) is 39.6 Å². The average molecular weight is 345 g/mol. The minimum absolute atomic E-state index is 0.147. The summed E-state index contributed by atoms with van der Waals surface area (Å²) in [6, 6.07) is 4.57. The first-order chi connectivity index (χ1) is 9.04. The predicted molar refractivity (Wildman–Crippen MR) is 74.8 cm³/mol. The molecule has 2 rings (SSSR count). The number of nitrogens with one attached hydrogen (secondary N) is 1. The van der Waals surface area contributed by atoms with Gasteiger partial charge in [-0.3, -0.25) is 4.79 Å². The monoisotopic (exact) mass is 344 g/mol. The number of aromatic nitrogens is 1. The van der Waals surface area contributed by atoms with Gasteiger partial charge in [-0.25, -0.2) is 9.37 Å². The molecule has 0 spiro atoms. The summed E-state index contributed by atoms with van der Waals surface area (Å²) in [4.78, 5) is 15.0. The number of anilines is 1. The highest BCUT2D eigenvalue weighted by Crippen LogP contribution is 2.23. The summed E-state index contributed by atoms with van der Waals surface area (Å²) in [5.41, 5.74) is 0.635. The quantitative estimate of drug-likeness (QED) is 0.922. The largest absolute Gasteiger partial charge is 0.484 e. The number of carbonyl (C=O) groups is 1. The number of hydrogen-bond donors (Lipinski definition) is 1. The average Bonchev–Trinajstić information content (AvgIpc) is 2.74. The van der Waals surface area contributed by atoms with Crippen molar-refractivity contribution < 1.29 is 13.9 Å². The van der Waals surface area contributed by atoms with Crippen LogP contribution in [-0.4, -0.2) is 10.9 Å². The molecule has 0 aliphatic carbocycles. The summed E-state index contributed by atoms with van der Waals surface area (Å²) in [5, 5.41) is 4.83. The second-order valence-corrected chi connectivity index (χ2v) is 5.46. The molecule has 1 heterocycles. The van der Waals surface area contributed by atoms with Crippen LogP contribution in [0, 0.1) is 5.82 Å². The molecule has 0 aliphatic heterocycles. The maximum absolute atomic E-state index is 13.5. The summed E-state index contributed by atoms with van der Waals surface area (Å²) in [7, 11) is 0. The molecule has 0 saturated heterocycles. The molecule has 0 radical (unpaired) electrons. The van der Waals surface area contributed by atoms with Crippen molar-refractivity contribution in [1.29, 1.82) is 0 Å². The number of thiazole rings is 1. The Labute approximate surface area is 121 Å². The van der Waals surface area contributed by atoms with Gasteiger partial charge in [0.05, 0.1) is 5.69 Å². The van der Waals surface area contributed by atoms with E-state index in [9.17, 15) is 9.18 Å². The van der Waals surface area contributed by atoms with Gasteiger partial charge in [0.2, 0.25) is 5.91 Å². The zero-order chi connectivity index (χ0) is 13.8. The number of carbonyl (C=O) groups excluding carboxylic acids is 1. The van der Waals surface area contributed by atoms with E-state index < -0.39 is 5.82 Å². The third-order valence-electron chi connectivity index (χ3n) is 2.10. The molecule has 1 aromatic carbocycles. The van der Waals surface area contributed by atoms with Crippen LogP contribution in [0.5, 0.6) is 5.75 Å². The summed E-state index contributed by atoms with van der Waals surface area (Å²) >= 11 is 4.47. The number of rotatable bonds is 4. The Hall–Kier alpha value is -1.47. The van der Waals surface area contributed by atoms with Crippen molar-refractivity contribution in [3.8, 4) is 5.75 Å². The number of halogens is 2. The van der Waals surface area contributed by atoms with Crippen LogP contribution in [0.25, 0.3) is 0 Å². The van der Waals surface area contributed by atoms with E-state index in [0.29, 0.717) is 15.3 Å². The first-order valence-electron chi connectivity index (χ1n) is 5.34. The van der Waals surface area contributed by atoms with Crippen LogP contribution in [-0.2, 0) is 11.4 Å². The molecule has 0 fully saturated rings. The Kier molecular flexibility index (Phi) is 4.49. The van der Waals surface area contributed by atoms with E-state index in [0.717, 1.165) is 0 Å². The lowest BCUT2D eigenvalue weighted by molar-refractivity contribution is -0.114. The van der Waals surface area contributed by atoms with Crippen LogP contribution in [0.2, 0.25) is 0 Å². The predicted octanol–water partition coefficient (Wildman–Crippen LogP) is 3.58. The number of nitrogens with zero attached hydrogens (tertiary/aromatic N) is 1. The second kappa shape index (κ2) is 6.12. The fourth-order valence-electron chi connectivity index (χ4n) is 1.33. The third kappa shape index (κ3) is 4.00. The molecular formula is C12H10BrFN2O2S. The Morgan fingerprint density at radius 2 is 2.37 bits per heavy atom. The molecular weight excluding hydrogens is 335 g/mol. The number of amides is 1. The molecule has 2 aromatic rings. The molecule has 0 saturated carbocycles. The van der Waals surface area contributed by atoms with E-state index in [4.69, 9.17) is 4.74 Å². The van der Waals surface area contributed by atoms with Gasteiger partial charge in [-0.15, -0.1) is 11.3 Å². The molecule has 0 aliphatic rings. The highest BCUT2D eigenvalue weighted by Gasteiger charge is 2.07. The number of hydrogen-bond acceptors (Lipinski definition) is 4. The summed E-state index contributed by atoms with van der Waals surface area (Å²) in [5.74, 6) is -0.454. The van der Waals surface area contributed by atoms with Crippen LogP contribution in [0.1, 0.15) is 12.6 Å². The lowest BCUT2D eigenvalue weighted by atomic mass is 10.3. The van der Waals surface area contributed by atoms with Gasteiger partial charge >= 0.3 is 0 Å². The molecule has 1 amide bonds. The standard InChI is InChI=1S/C12H10BrFN2O2S/c1-7(17)15-12-16-9(6-19-12)5-18-11-3-2-8(13)4-10(11)14/h2-4,6H,5H2,1H3,(H,15,16,17). The molecule has 1 aromatic heterocycles. The fourth-order valence-corrected chi connectivity index (χ4v) is 2.40. The van der Waals surface area contributed by atoms with E-state index in [-0.39, 0.29) is 18.3 Å². The normalized spacial score (nSPS) is 10.3. The zero-order valence-electron chi connectivity index (χ0n) is 9.94. The molecule has 0 atom stereocenters. The SMILES string of the molecule is CC(=O)Nc1nc(COc2ccc(Br)cc2F)cs1. The summed E-state index contributed by atoms with van der Waals surface area (Å²) in [6.07, 6.45) is 0. The Morgan fingerprint density at radius 1 is 1.58 bits per heavy atom. The minimum atomic E-state index is -0.438. The Bertz CT molecular complexity index is 603. The van der Waals surface area contributed by atoms with E-state index in [1.54, 1.807) is 17.5 Å². The van der Waals surface area contributed by atoms with E-state index in [1.807, 2.05) is 0 Å². The van der Waals surface area contributed by atoms with E-state index in [1.165, 1.54) is 24.3 Å². The molecule has 1 N–H and O–H groups in total. The smallest absolute Gasteiger partial charge is 0.223 e. The molecule has 0 bridgehead atoms. The van der Waals surface area contributed by atoms with Gasteiger partial charge in [0.15, 0.2) is 16.7 Å². The summed E-state index contributed by atoms with van der Waals surface area (Å²) < 4.78 is 19.5. The second-order valence-electron chi connectivity index (χ2n) is 3.69. The van der Waals surface area contributed by atoms with Crippen LogP contribution >= 0.6 is 27.3 Å². The number of ether oxygens (including phenoxy) is 1. The Morgan fingerprint density at radius 3 is 3.05 bits per heavy atom. The van der Waals surface area contributed by atoms with Crippen molar-refractivity contribution in [2.45, 2.75) is 13.5 Å². The lowest BCUT2D eigenvalue weighted by Gasteiger charge is -2.05. The maximum Gasteiger partial charge on any atom is 0.223 e. The van der Waals surface area contributed by atoms with Crippen LogP contribution < -0.4 is 10.1 Å². The molecule has 4 nitrogen and oxygen atoms in total. The van der Waals surface area contributed by atoms with Gasteiger partial charge in [-0.1, -0.05) is 15.9 Å². The van der Waals surface area contributed by atoms with Gasteiger partial charge in [-0.2, -0.15) is 0 Å². The Balaban J connectivity index is 1.98. The molecule has 7 heteroatoms. The number of benzene rings is 1. The van der Waals surface area contributed by atoms with Crippen molar-refractivity contribution in [2.24, 2.45) is 0 Å². The highest BCUT2D eigenvalue weighted by atomic mass is 79.9. The van der Waals surface area contributed by atoms with Crippen LogP contribution in [0.3, 0.4) is 0 Å². The van der Waals surface area contributed by atoms with Crippen molar-refractivity contribution in [1.82, 2.24) is 4.98 Å². The summed E-state index contributed by atoms with van der Waals surface area (Å²) in [6.45, 7) is 1.56. The highest BCUT2D eigenvalue weighted by molar-refractivity contribution is 9.10. The molecule has 19 heavy (non-hydrogen) atoms. The minimum Gasteiger partial charge on any atom is -0.484 e. The molecule has 100 valence electrons. The van der Waals surface area contributed by atoms with Crippen molar-refractivity contribution >= 4 is 38.3 Å².